The highest BCUT2D eigenvalue weighted by Gasteiger charge is 2.18. The van der Waals surface area contributed by atoms with Crippen LogP contribution >= 0.6 is 0 Å². The van der Waals surface area contributed by atoms with E-state index in [0.717, 1.165) is 16.8 Å². The van der Waals surface area contributed by atoms with Gasteiger partial charge in [-0.05, 0) is 18.9 Å². The molecule has 104 valence electrons. The van der Waals surface area contributed by atoms with Crippen LogP contribution in [0, 0.1) is 5.92 Å². The molecule has 1 aromatic rings. The Bertz CT molecular complexity index is 536. The van der Waals surface area contributed by atoms with Crippen molar-refractivity contribution in [1.29, 1.82) is 0 Å². The summed E-state index contributed by atoms with van der Waals surface area (Å²) in [6, 6.07) is 1.34. The lowest BCUT2D eigenvalue weighted by Gasteiger charge is -2.15. The third-order valence-corrected chi connectivity index (χ3v) is 2.48. The molecule has 1 heterocycles. The Morgan fingerprint density at radius 2 is 2.00 bits per heavy atom. The second kappa shape index (κ2) is 6.12. The van der Waals surface area contributed by atoms with E-state index in [1.54, 1.807) is 0 Å². The molecule has 0 aromatic carbocycles. The van der Waals surface area contributed by atoms with Gasteiger partial charge >= 0.3 is 5.97 Å². The van der Waals surface area contributed by atoms with Gasteiger partial charge in [-0.25, -0.2) is 9.48 Å². The third-order valence-electron chi connectivity index (χ3n) is 2.48. The van der Waals surface area contributed by atoms with Gasteiger partial charge in [-0.1, -0.05) is 13.8 Å². The zero-order valence-electron chi connectivity index (χ0n) is 11.1. The van der Waals surface area contributed by atoms with E-state index in [1.165, 1.54) is 6.92 Å². The highest BCUT2D eigenvalue weighted by molar-refractivity contribution is 5.85. The molecule has 1 aromatic heterocycles. The number of hydrogen-bond donors (Lipinski definition) is 2. The average Bonchev–Trinajstić information content (AvgIpc) is 2.35. The molecule has 0 aliphatic rings. The van der Waals surface area contributed by atoms with Crippen LogP contribution in [0.5, 0.6) is 0 Å². The van der Waals surface area contributed by atoms with E-state index in [9.17, 15) is 14.4 Å². The SMILES string of the molecule is CC(C)CNC(=O)C(C)n1nc(C(=O)O)ccc1=O. The summed E-state index contributed by atoms with van der Waals surface area (Å²) in [7, 11) is 0. The van der Waals surface area contributed by atoms with Crippen molar-refractivity contribution >= 4 is 11.9 Å². The minimum absolute atomic E-state index is 0.275. The maximum Gasteiger partial charge on any atom is 0.356 e. The molecule has 19 heavy (non-hydrogen) atoms. The maximum atomic E-state index is 11.8. The summed E-state index contributed by atoms with van der Waals surface area (Å²) in [5, 5.41) is 15.2. The van der Waals surface area contributed by atoms with Crippen molar-refractivity contribution < 1.29 is 14.7 Å². The van der Waals surface area contributed by atoms with Crippen molar-refractivity contribution in [3.8, 4) is 0 Å². The molecule has 1 atom stereocenters. The summed E-state index contributed by atoms with van der Waals surface area (Å²) >= 11 is 0. The molecule has 2 N–H and O–H groups in total. The molecule has 0 saturated heterocycles. The number of amides is 1. The predicted octanol–water partition coefficient (Wildman–Crippen LogP) is 0.275. The Labute approximate surface area is 110 Å². The number of carbonyl (C=O) groups excluding carboxylic acids is 1. The topological polar surface area (TPSA) is 101 Å². The number of nitrogens with one attached hydrogen (secondary N) is 1. The quantitative estimate of drug-likeness (QED) is 0.797. The van der Waals surface area contributed by atoms with Gasteiger partial charge in [0, 0.05) is 12.6 Å². The second-order valence-electron chi connectivity index (χ2n) is 4.62. The highest BCUT2D eigenvalue weighted by Crippen LogP contribution is 2.02. The van der Waals surface area contributed by atoms with Crippen molar-refractivity contribution in [3.63, 3.8) is 0 Å². The molecule has 0 radical (unpaired) electrons. The van der Waals surface area contributed by atoms with Crippen molar-refractivity contribution in [1.82, 2.24) is 15.1 Å². The number of carbonyl (C=O) groups is 2. The molecule has 0 aliphatic carbocycles. The highest BCUT2D eigenvalue weighted by atomic mass is 16.4. The molecule has 0 spiro atoms. The molecule has 7 heteroatoms. The van der Waals surface area contributed by atoms with E-state index < -0.39 is 17.6 Å². The van der Waals surface area contributed by atoms with Gasteiger partial charge in [0.1, 0.15) is 6.04 Å². The first-order chi connectivity index (χ1) is 8.82. The molecule has 1 amide bonds. The number of aromatic nitrogens is 2. The Kier molecular flexibility index (Phi) is 4.80. The Morgan fingerprint density at radius 3 is 2.53 bits per heavy atom. The summed E-state index contributed by atoms with van der Waals surface area (Å²) in [5.41, 5.74) is -0.791. The molecule has 0 aliphatic heterocycles. The van der Waals surface area contributed by atoms with Gasteiger partial charge in [0.2, 0.25) is 5.91 Å². The van der Waals surface area contributed by atoms with Crippen LogP contribution < -0.4 is 10.9 Å². The van der Waals surface area contributed by atoms with E-state index >= 15 is 0 Å². The molecule has 0 bridgehead atoms. The van der Waals surface area contributed by atoms with Gasteiger partial charge in [-0.15, -0.1) is 0 Å². The normalized spacial score (nSPS) is 12.2. The van der Waals surface area contributed by atoms with Gasteiger partial charge in [0.15, 0.2) is 5.69 Å². The van der Waals surface area contributed by atoms with Crippen molar-refractivity contribution in [2.75, 3.05) is 6.54 Å². The van der Waals surface area contributed by atoms with Gasteiger partial charge in [0.25, 0.3) is 5.56 Å². The fraction of sp³-hybridized carbons (Fsp3) is 0.500. The Hall–Kier alpha value is -2.18. The summed E-state index contributed by atoms with van der Waals surface area (Å²) < 4.78 is 0.874. The number of aromatic carboxylic acids is 1. The van der Waals surface area contributed by atoms with Crippen LogP contribution in [0.3, 0.4) is 0 Å². The van der Waals surface area contributed by atoms with Crippen molar-refractivity contribution in [2.45, 2.75) is 26.8 Å². The Morgan fingerprint density at radius 1 is 1.37 bits per heavy atom. The van der Waals surface area contributed by atoms with Crippen LogP contribution in [0.15, 0.2) is 16.9 Å². The van der Waals surface area contributed by atoms with Crippen LogP contribution in [0.2, 0.25) is 0 Å². The first-order valence-electron chi connectivity index (χ1n) is 5.93. The molecule has 7 nitrogen and oxygen atoms in total. The van der Waals surface area contributed by atoms with E-state index in [4.69, 9.17) is 5.11 Å². The summed E-state index contributed by atoms with van der Waals surface area (Å²) in [6.45, 7) is 5.87. The molecular formula is C12H17N3O4. The minimum atomic E-state index is -1.25. The maximum absolute atomic E-state index is 11.8. The van der Waals surface area contributed by atoms with Gasteiger partial charge in [0.05, 0.1) is 0 Å². The van der Waals surface area contributed by atoms with Crippen molar-refractivity contribution in [3.05, 3.63) is 28.2 Å². The lowest BCUT2D eigenvalue weighted by atomic mass is 10.2. The molecule has 1 unspecified atom stereocenters. The van der Waals surface area contributed by atoms with Crippen LogP contribution in [-0.2, 0) is 4.79 Å². The third kappa shape index (κ3) is 3.90. The van der Waals surface area contributed by atoms with Crippen LogP contribution in [-0.4, -0.2) is 33.3 Å². The van der Waals surface area contributed by atoms with Gasteiger partial charge in [-0.2, -0.15) is 5.10 Å². The lowest BCUT2D eigenvalue weighted by molar-refractivity contribution is -0.124. The number of nitrogens with zero attached hydrogens (tertiary/aromatic N) is 2. The first-order valence-corrected chi connectivity index (χ1v) is 5.93. The minimum Gasteiger partial charge on any atom is -0.476 e. The van der Waals surface area contributed by atoms with E-state index in [1.807, 2.05) is 13.8 Å². The van der Waals surface area contributed by atoms with Crippen LogP contribution in [0.4, 0.5) is 0 Å². The zero-order valence-corrected chi connectivity index (χ0v) is 11.1. The number of hydrogen-bond acceptors (Lipinski definition) is 4. The fourth-order valence-electron chi connectivity index (χ4n) is 1.38. The molecule has 0 saturated carbocycles. The number of carboxylic acids is 1. The smallest absolute Gasteiger partial charge is 0.356 e. The first kappa shape index (κ1) is 14.9. The second-order valence-corrected chi connectivity index (χ2v) is 4.62. The van der Waals surface area contributed by atoms with Gasteiger partial charge < -0.3 is 10.4 Å². The van der Waals surface area contributed by atoms with E-state index in [-0.39, 0.29) is 17.5 Å². The van der Waals surface area contributed by atoms with Gasteiger partial charge in [-0.3, -0.25) is 9.59 Å². The zero-order chi connectivity index (χ0) is 14.6. The van der Waals surface area contributed by atoms with E-state index in [0.29, 0.717) is 6.54 Å². The standard InChI is InChI=1S/C12H17N3O4/c1-7(2)6-13-11(17)8(3)15-10(16)5-4-9(14-15)12(18)19/h4-5,7-8H,6H2,1-3H3,(H,13,17)(H,18,19). The average molecular weight is 267 g/mol. The largest absolute Gasteiger partial charge is 0.476 e. The summed E-state index contributed by atoms with van der Waals surface area (Å²) in [4.78, 5) is 34.2. The van der Waals surface area contributed by atoms with Crippen LogP contribution in [0.25, 0.3) is 0 Å². The lowest BCUT2D eigenvalue weighted by Crippen LogP contribution is -2.38. The predicted molar refractivity (Wildman–Crippen MR) is 68.0 cm³/mol. The molecular weight excluding hydrogens is 250 g/mol. The van der Waals surface area contributed by atoms with Crippen LogP contribution in [0.1, 0.15) is 37.3 Å². The molecule has 1 rings (SSSR count). The fourth-order valence-corrected chi connectivity index (χ4v) is 1.38. The molecule has 0 fully saturated rings. The summed E-state index contributed by atoms with van der Waals surface area (Å²) in [5.74, 6) is -1.33. The summed E-state index contributed by atoms with van der Waals surface area (Å²) in [6.07, 6.45) is 0. The van der Waals surface area contributed by atoms with Crippen molar-refractivity contribution in [2.24, 2.45) is 5.92 Å². The number of rotatable bonds is 5. The van der Waals surface area contributed by atoms with E-state index in [2.05, 4.69) is 10.4 Å². The number of carboxylic acid groups (broad SMARTS) is 1. The monoisotopic (exact) mass is 267 g/mol. The Balaban J connectivity index is 2.95.